The lowest BCUT2D eigenvalue weighted by Gasteiger charge is -2.23. The van der Waals surface area contributed by atoms with Crippen LogP contribution >= 0.6 is 0 Å². The summed E-state index contributed by atoms with van der Waals surface area (Å²) in [7, 11) is 0. The quantitative estimate of drug-likeness (QED) is 0.805. The molecule has 24 heavy (non-hydrogen) atoms. The summed E-state index contributed by atoms with van der Waals surface area (Å²) in [5.74, 6) is -0.214. The number of carbonyl (C=O) groups is 2. The molecule has 0 radical (unpaired) electrons. The molecule has 1 fully saturated rings. The number of rotatable bonds is 4. The number of hydrogen-bond donors (Lipinski definition) is 3. The van der Waals surface area contributed by atoms with Crippen molar-refractivity contribution in [3.05, 3.63) is 53.5 Å². The van der Waals surface area contributed by atoms with E-state index in [1.165, 1.54) is 6.26 Å². The Balaban J connectivity index is 1.70. The van der Waals surface area contributed by atoms with Crippen LogP contribution in [0.4, 0.5) is 5.69 Å². The Kier molecular flexibility index (Phi) is 4.96. The van der Waals surface area contributed by atoms with Crippen molar-refractivity contribution in [1.82, 2.24) is 10.6 Å². The van der Waals surface area contributed by atoms with Crippen LogP contribution < -0.4 is 16.0 Å². The molecular weight excluding hydrogens is 306 g/mol. The maximum Gasteiger partial charge on any atom is 0.291 e. The average molecular weight is 327 g/mol. The van der Waals surface area contributed by atoms with Crippen LogP contribution in [0.1, 0.15) is 39.3 Å². The number of hydrogen-bond acceptors (Lipinski definition) is 4. The van der Waals surface area contributed by atoms with Gasteiger partial charge in [0.15, 0.2) is 5.76 Å². The van der Waals surface area contributed by atoms with E-state index in [4.69, 9.17) is 4.42 Å². The van der Waals surface area contributed by atoms with Crippen LogP contribution in [0.2, 0.25) is 0 Å². The molecule has 1 saturated heterocycles. The molecule has 1 aromatic heterocycles. The van der Waals surface area contributed by atoms with Crippen molar-refractivity contribution < 1.29 is 14.0 Å². The minimum Gasteiger partial charge on any atom is -0.459 e. The molecule has 0 aliphatic carbocycles. The van der Waals surface area contributed by atoms with Gasteiger partial charge in [-0.25, -0.2) is 0 Å². The highest BCUT2D eigenvalue weighted by molar-refractivity contribution is 6.03. The van der Waals surface area contributed by atoms with Crippen molar-refractivity contribution in [3.8, 4) is 0 Å². The molecule has 1 aliphatic heterocycles. The van der Waals surface area contributed by atoms with Gasteiger partial charge in [-0.2, -0.15) is 0 Å². The molecule has 0 bridgehead atoms. The van der Waals surface area contributed by atoms with Crippen molar-refractivity contribution in [3.63, 3.8) is 0 Å². The van der Waals surface area contributed by atoms with Crippen LogP contribution in [0.15, 0.2) is 41.0 Å². The lowest BCUT2D eigenvalue weighted by atomic mass is 10.0. The average Bonchev–Trinajstić information content (AvgIpc) is 3.12. The van der Waals surface area contributed by atoms with Crippen LogP contribution in [0.25, 0.3) is 0 Å². The lowest BCUT2D eigenvalue weighted by Crippen LogP contribution is -2.42. The Labute approximate surface area is 140 Å². The molecule has 3 rings (SSSR count). The van der Waals surface area contributed by atoms with E-state index in [1.54, 1.807) is 24.3 Å². The number of furan rings is 1. The number of carbonyl (C=O) groups excluding carboxylic acids is 2. The summed E-state index contributed by atoms with van der Waals surface area (Å²) in [6.45, 7) is 3.72. The molecule has 2 amide bonds. The largest absolute Gasteiger partial charge is 0.459 e. The van der Waals surface area contributed by atoms with E-state index in [1.807, 2.05) is 13.0 Å². The second-order valence-corrected chi connectivity index (χ2v) is 5.96. The second kappa shape index (κ2) is 7.31. The Hall–Kier alpha value is -2.60. The van der Waals surface area contributed by atoms with Crippen LogP contribution in [-0.2, 0) is 0 Å². The Morgan fingerprint density at radius 2 is 1.96 bits per heavy atom. The van der Waals surface area contributed by atoms with Crippen LogP contribution in [-0.4, -0.2) is 30.9 Å². The van der Waals surface area contributed by atoms with E-state index in [2.05, 4.69) is 16.0 Å². The summed E-state index contributed by atoms with van der Waals surface area (Å²) in [5.41, 5.74) is 2.02. The molecule has 6 heteroatoms. The number of benzene rings is 1. The SMILES string of the molecule is Cc1ccc(C(=O)NC2CCNCC2)cc1NC(=O)c1ccco1. The standard InChI is InChI=1S/C18H21N3O3/c1-12-4-5-13(17(22)20-14-6-8-19-9-7-14)11-15(12)21-18(23)16-3-2-10-24-16/h2-5,10-11,14,19H,6-9H2,1H3,(H,20,22)(H,21,23). The molecule has 6 nitrogen and oxygen atoms in total. The Morgan fingerprint density at radius 3 is 2.67 bits per heavy atom. The monoisotopic (exact) mass is 327 g/mol. The lowest BCUT2D eigenvalue weighted by molar-refractivity contribution is 0.0928. The summed E-state index contributed by atoms with van der Waals surface area (Å²) in [6.07, 6.45) is 3.31. The first-order valence-electron chi connectivity index (χ1n) is 8.10. The van der Waals surface area contributed by atoms with Gasteiger partial charge in [0.2, 0.25) is 0 Å². The van der Waals surface area contributed by atoms with Gasteiger partial charge in [-0.05, 0) is 62.7 Å². The van der Waals surface area contributed by atoms with E-state index in [-0.39, 0.29) is 23.6 Å². The van der Waals surface area contributed by atoms with Crippen LogP contribution in [0, 0.1) is 6.92 Å². The van der Waals surface area contributed by atoms with Crippen molar-refractivity contribution in [2.75, 3.05) is 18.4 Å². The highest BCUT2D eigenvalue weighted by Gasteiger charge is 2.17. The van der Waals surface area contributed by atoms with E-state index < -0.39 is 0 Å². The van der Waals surface area contributed by atoms with Crippen molar-refractivity contribution in [1.29, 1.82) is 0 Å². The molecule has 0 spiro atoms. The van der Waals surface area contributed by atoms with Gasteiger partial charge in [0, 0.05) is 17.3 Å². The summed E-state index contributed by atoms with van der Waals surface area (Å²) in [4.78, 5) is 24.5. The molecule has 0 saturated carbocycles. The predicted molar refractivity (Wildman–Crippen MR) is 91.2 cm³/mol. The molecular formula is C18H21N3O3. The topological polar surface area (TPSA) is 83.4 Å². The number of aryl methyl sites for hydroxylation is 1. The first-order chi connectivity index (χ1) is 11.6. The number of anilines is 1. The van der Waals surface area contributed by atoms with E-state index >= 15 is 0 Å². The van der Waals surface area contributed by atoms with Gasteiger partial charge in [0.1, 0.15) is 0 Å². The molecule has 1 aliphatic rings. The van der Waals surface area contributed by atoms with E-state index in [9.17, 15) is 9.59 Å². The predicted octanol–water partition coefficient (Wildman–Crippen LogP) is 2.32. The van der Waals surface area contributed by atoms with Crippen molar-refractivity contribution in [2.45, 2.75) is 25.8 Å². The molecule has 1 aromatic carbocycles. The molecule has 2 aromatic rings. The number of nitrogens with one attached hydrogen (secondary N) is 3. The zero-order chi connectivity index (χ0) is 16.9. The van der Waals surface area contributed by atoms with Gasteiger partial charge in [-0.3, -0.25) is 9.59 Å². The van der Waals surface area contributed by atoms with Crippen LogP contribution in [0.5, 0.6) is 0 Å². The zero-order valence-electron chi connectivity index (χ0n) is 13.6. The van der Waals surface area contributed by atoms with Gasteiger partial charge in [-0.15, -0.1) is 0 Å². The Bertz CT molecular complexity index is 719. The number of piperidine rings is 1. The first-order valence-corrected chi connectivity index (χ1v) is 8.10. The maximum absolute atomic E-state index is 12.4. The summed E-state index contributed by atoms with van der Waals surface area (Å²) in [5, 5.41) is 9.11. The third kappa shape index (κ3) is 3.83. The molecule has 126 valence electrons. The fourth-order valence-corrected chi connectivity index (χ4v) is 2.72. The Morgan fingerprint density at radius 1 is 1.17 bits per heavy atom. The van der Waals surface area contributed by atoms with Crippen molar-refractivity contribution >= 4 is 17.5 Å². The summed E-state index contributed by atoms with van der Waals surface area (Å²) < 4.78 is 5.09. The number of amides is 2. The maximum atomic E-state index is 12.4. The smallest absolute Gasteiger partial charge is 0.291 e. The van der Waals surface area contributed by atoms with Gasteiger partial charge >= 0.3 is 0 Å². The second-order valence-electron chi connectivity index (χ2n) is 5.96. The third-order valence-corrected chi connectivity index (χ3v) is 4.17. The van der Waals surface area contributed by atoms with Gasteiger partial charge < -0.3 is 20.4 Å². The third-order valence-electron chi connectivity index (χ3n) is 4.17. The van der Waals surface area contributed by atoms with Gasteiger partial charge in [0.05, 0.1) is 6.26 Å². The van der Waals surface area contributed by atoms with Crippen LogP contribution in [0.3, 0.4) is 0 Å². The highest BCUT2D eigenvalue weighted by atomic mass is 16.3. The molecule has 3 N–H and O–H groups in total. The van der Waals surface area contributed by atoms with E-state index in [0.717, 1.165) is 31.5 Å². The zero-order valence-corrected chi connectivity index (χ0v) is 13.6. The minimum atomic E-state index is -0.334. The summed E-state index contributed by atoms with van der Waals surface area (Å²) >= 11 is 0. The van der Waals surface area contributed by atoms with Gasteiger partial charge in [0.25, 0.3) is 11.8 Å². The van der Waals surface area contributed by atoms with E-state index in [0.29, 0.717) is 11.3 Å². The molecule has 0 unspecified atom stereocenters. The fourth-order valence-electron chi connectivity index (χ4n) is 2.72. The molecule has 2 heterocycles. The fraction of sp³-hybridized carbons (Fsp3) is 0.333. The molecule has 0 atom stereocenters. The van der Waals surface area contributed by atoms with Crippen molar-refractivity contribution in [2.24, 2.45) is 0 Å². The first kappa shape index (κ1) is 16.3. The normalized spacial score (nSPS) is 15.0. The van der Waals surface area contributed by atoms with Gasteiger partial charge in [-0.1, -0.05) is 6.07 Å². The minimum absolute atomic E-state index is 0.115. The highest BCUT2D eigenvalue weighted by Crippen LogP contribution is 2.18. The summed E-state index contributed by atoms with van der Waals surface area (Å²) in [6, 6.07) is 8.75.